The molecule has 0 N–H and O–H groups in total. The van der Waals surface area contributed by atoms with Gasteiger partial charge in [0.2, 0.25) is 0 Å². The minimum absolute atomic E-state index is 0.0678. The maximum atomic E-state index is 12.9. The number of para-hydroxylation sites is 1. The molecule has 2 aliphatic heterocycles. The third kappa shape index (κ3) is 8.15. The van der Waals surface area contributed by atoms with Crippen molar-refractivity contribution < 1.29 is 28.7 Å². The lowest BCUT2D eigenvalue weighted by molar-refractivity contribution is 0.0910. The average Bonchev–Trinajstić information content (AvgIpc) is 3.60. The van der Waals surface area contributed by atoms with Gasteiger partial charge in [-0.15, -0.1) is 0 Å². The molecule has 0 aromatic heterocycles. The van der Waals surface area contributed by atoms with E-state index in [9.17, 15) is 19.2 Å². The molecule has 0 radical (unpaired) electrons. The lowest BCUT2D eigenvalue weighted by atomic mass is 9.87. The van der Waals surface area contributed by atoms with Crippen LogP contribution < -0.4 is 19.3 Å². The summed E-state index contributed by atoms with van der Waals surface area (Å²) in [7, 11) is 0. The highest BCUT2D eigenvalue weighted by Crippen LogP contribution is 2.34. The van der Waals surface area contributed by atoms with Crippen molar-refractivity contribution in [1.29, 1.82) is 0 Å². The van der Waals surface area contributed by atoms with Crippen LogP contribution in [0, 0.1) is 13.8 Å². The quantitative estimate of drug-likeness (QED) is 0.158. The fourth-order valence-corrected chi connectivity index (χ4v) is 6.21. The zero-order chi connectivity index (χ0) is 40.1. The molecule has 2 aliphatic rings. The second-order valence-electron chi connectivity index (χ2n) is 14.3. The Morgan fingerprint density at radius 1 is 0.411 bits per heavy atom. The number of benzene rings is 6. The molecule has 0 atom stereocenters. The van der Waals surface area contributed by atoms with Crippen LogP contribution >= 0.6 is 0 Å². The first-order valence-electron chi connectivity index (χ1n) is 18.6. The van der Waals surface area contributed by atoms with Gasteiger partial charge in [0.1, 0.15) is 23.0 Å². The topological polar surface area (TPSA) is 93.2 Å². The Morgan fingerprint density at radius 3 is 1.20 bits per heavy atom. The third-order valence-corrected chi connectivity index (χ3v) is 9.24. The van der Waals surface area contributed by atoms with Crippen molar-refractivity contribution >= 4 is 35.0 Å². The molecule has 8 heteroatoms. The molecule has 6 aromatic carbocycles. The molecule has 0 bridgehead atoms. The molecule has 6 aromatic rings. The molecule has 0 spiro atoms. The highest BCUT2D eigenvalue weighted by molar-refractivity contribution is 6.35. The zero-order valence-corrected chi connectivity index (χ0v) is 32.6. The number of amides is 4. The number of aryl methyl sites for hydroxylation is 2. The molecule has 0 saturated heterocycles. The molecule has 2 heterocycles. The number of carbonyl (C=O) groups is 4. The summed E-state index contributed by atoms with van der Waals surface area (Å²) in [6.45, 7) is 14.4. The van der Waals surface area contributed by atoms with Crippen molar-refractivity contribution in [2.24, 2.45) is 0 Å². The number of hydrogen-bond donors (Lipinski definition) is 0. The first kappa shape index (κ1) is 38.9. The Morgan fingerprint density at radius 2 is 0.768 bits per heavy atom. The number of rotatable bonds is 6. The molecule has 0 saturated carbocycles. The number of anilines is 2. The van der Waals surface area contributed by atoms with E-state index in [1.54, 1.807) is 72.8 Å². The Labute approximate surface area is 327 Å². The minimum atomic E-state index is -0.333. The highest BCUT2D eigenvalue weighted by atomic mass is 16.5. The lowest BCUT2D eigenvalue weighted by Crippen LogP contribution is -2.29. The normalized spacial score (nSPS) is 13.0. The van der Waals surface area contributed by atoms with Crippen LogP contribution in [0.1, 0.15) is 92.7 Å². The van der Waals surface area contributed by atoms with Crippen LogP contribution in [0.15, 0.2) is 140 Å². The second-order valence-corrected chi connectivity index (χ2v) is 14.3. The summed E-state index contributed by atoms with van der Waals surface area (Å²) >= 11 is 0. The van der Waals surface area contributed by atoms with Crippen molar-refractivity contribution in [2.45, 2.75) is 53.9 Å². The molecule has 0 fully saturated rings. The fourth-order valence-electron chi connectivity index (χ4n) is 6.21. The smallest absolute Gasteiger partial charge is 0.266 e. The van der Waals surface area contributed by atoms with Gasteiger partial charge in [-0.1, -0.05) is 100 Å². The molecule has 282 valence electrons. The van der Waals surface area contributed by atoms with E-state index in [-0.39, 0.29) is 29.0 Å². The van der Waals surface area contributed by atoms with E-state index < -0.39 is 0 Å². The summed E-state index contributed by atoms with van der Waals surface area (Å²) in [6, 6.07) is 41.8. The summed E-state index contributed by atoms with van der Waals surface area (Å²) in [6.07, 6.45) is 0. The van der Waals surface area contributed by atoms with Crippen molar-refractivity contribution in [3.8, 4) is 23.0 Å². The number of nitrogens with zero attached hydrogens (tertiary/aromatic N) is 2. The Kier molecular flexibility index (Phi) is 11.3. The summed E-state index contributed by atoms with van der Waals surface area (Å²) in [5, 5.41) is 0. The van der Waals surface area contributed by atoms with Crippen molar-refractivity contribution in [3.63, 3.8) is 0 Å². The van der Waals surface area contributed by atoms with Gasteiger partial charge in [-0.2, -0.15) is 0 Å². The first-order chi connectivity index (χ1) is 26.9. The van der Waals surface area contributed by atoms with Crippen LogP contribution in [0.5, 0.6) is 23.0 Å². The second kappa shape index (κ2) is 16.3. The first-order valence-corrected chi connectivity index (χ1v) is 18.6. The summed E-state index contributed by atoms with van der Waals surface area (Å²) in [5.74, 6) is 1.14. The van der Waals surface area contributed by atoms with Gasteiger partial charge in [0.25, 0.3) is 23.6 Å². The van der Waals surface area contributed by atoms with Gasteiger partial charge >= 0.3 is 0 Å². The molecule has 56 heavy (non-hydrogen) atoms. The standard InChI is InChI=1S/C25H23NO3.C21H15NO3.C2H6/c1-16-5-9-18(10-6-16)26-23(27)21-14-13-20(15-22(21)24(26)28)29-19-11-7-17(8-12-19)25(2,3)4;1-14-7-9-16(10-8-14)25-17-11-12-18-19(13-17)21(24)22(20(18)23)15-5-3-2-4-6-15;1-2/h5-15H,1-4H3;2-13H,1H3;1-2H3. The predicted molar refractivity (Wildman–Crippen MR) is 221 cm³/mol. The maximum absolute atomic E-state index is 12.9. The zero-order valence-electron chi connectivity index (χ0n) is 32.6. The summed E-state index contributed by atoms with van der Waals surface area (Å²) in [4.78, 5) is 53.4. The predicted octanol–water partition coefficient (Wildman–Crippen LogP) is 11.5. The van der Waals surface area contributed by atoms with E-state index in [0.29, 0.717) is 56.6 Å². The van der Waals surface area contributed by atoms with Crippen LogP contribution in [0.2, 0.25) is 0 Å². The van der Waals surface area contributed by atoms with Crippen molar-refractivity contribution in [1.82, 2.24) is 0 Å². The molecule has 0 unspecified atom stereocenters. The van der Waals surface area contributed by atoms with Crippen LogP contribution in [0.3, 0.4) is 0 Å². The van der Waals surface area contributed by atoms with Crippen molar-refractivity contribution in [3.05, 3.63) is 178 Å². The van der Waals surface area contributed by atoms with Gasteiger partial charge in [-0.3, -0.25) is 19.2 Å². The van der Waals surface area contributed by atoms with E-state index >= 15 is 0 Å². The monoisotopic (exact) mass is 744 g/mol. The number of ether oxygens (including phenoxy) is 2. The SMILES string of the molecule is CC.Cc1ccc(N2C(=O)c3ccc(Oc4ccc(C(C)(C)C)cc4)cc3C2=O)cc1.Cc1ccc(Oc2ccc3c(c2)C(=O)N(c2ccccc2)C3=O)cc1. The molecular formula is C48H44N2O6. The van der Waals surface area contributed by atoms with Crippen LogP contribution in [-0.2, 0) is 5.41 Å². The summed E-state index contributed by atoms with van der Waals surface area (Å²) in [5.41, 5.74) is 6.14. The largest absolute Gasteiger partial charge is 0.457 e. The Balaban J connectivity index is 0.000000184. The van der Waals surface area contributed by atoms with Gasteiger partial charge in [-0.05, 0) is 110 Å². The van der Waals surface area contributed by atoms with Crippen LogP contribution in [0.25, 0.3) is 0 Å². The lowest BCUT2D eigenvalue weighted by Gasteiger charge is -2.19. The van der Waals surface area contributed by atoms with Crippen molar-refractivity contribution in [2.75, 3.05) is 9.80 Å². The average molecular weight is 745 g/mol. The van der Waals surface area contributed by atoms with Gasteiger partial charge in [0.15, 0.2) is 0 Å². The molecule has 8 nitrogen and oxygen atoms in total. The van der Waals surface area contributed by atoms with E-state index in [4.69, 9.17) is 9.47 Å². The highest BCUT2D eigenvalue weighted by Gasteiger charge is 2.38. The fraction of sp³-hybridized carbons (Fsp3) is 0.167. The Hall–Kier alpha value is -6.80. The Bertz CT molecular complexity index is 2400. The molecule has 4 amide bonds. The third-order valence-electron chi connectivity index (χ3n) is 9.24. The van der Waals surface area contributed by atoms with Gasteiger partial charge < -0.3 is 9.47 Å². The summed E-state index contributed by atoms with van der Waals surface area (Å²) < 4.78 is 11.7. The maximum Gasteiger partial charge on any atom is 0.266 e. The minimum Gasteiger partial charge on any atom is -0.457 e. The number of fused-ring (bicyclic) bond motifs is 2. The van der Waals surface area contributed by atoms with Crippen LogP contribution in [-0.4, -0.2) is 23.6 Å². The number of imide groups is 2. The molecule has 8 rings (SSSR count). The van der Waals surface area contributed by atoms with E-state index in [2.05, 4.69) is 20.8 Å². The van der Waals surface area contributed by atoms with Gasteiger partial charge in [0, 0.05) is 0 Å². The molecular weight excluding hydrogens is 701 g/mol. The van der Waals surface area contributed by atoms with Crippen LogP contribution in [0.4, 0.5) is 11.4 Å². The number of carbonyl (C=O) groups excluding carboxylic acids is 4. The molecule has 0 aliphatic carbocycles. The van der Waals surface area contributed by atoms with Gasteiger partial charge in [0.05, 0.1) is 33.6 Å². The van der Waals surface area contributed by atoms with E-state index in [1.807, 2.05) is 94.4 Å². The van der Waals surface area contributed by atoms with E-state index in [1.165, 1.54) is 15.4 Å². The number of hydrogen-bond acceptors (Lipinski definition) is 6. The van der Waals surface area contributed by atoms with Gasteiger partial charge in [-0.25, -0.2) is 9.80 Å². The van der Waals surface area contributed by atoms with E-state index in [0.717, 1.165) is 11.1 Å².